The number of hydrogen-bond acceptors (Lipinski definition) is 7. The lowest BCUT2D eigenvalue weighted by molar-refractivity contribution is -0.139. The fraction of sp³-hybridized carbons (Fsp3) is 0.304. The lowest BCUT2D eigenvalue weighted by Gasteiger charge is -2.15. The molecule has 1 aromatic heterocycles. The molecule has 1 N–H and O–H groups in total. The van der Waals surface area contributed by atoms with Gasteiger partial charge in [0.05, 0.1) is 21.7 Å². The third-order valence-electron chi connectivity index (χ3n) is 5.99. The summed E-state index contributed by atoms with van der Waals surface area (Å²) < 4.78 is 27.8. The van der Waals surface area contributed by atoms with E-state index in [1.54, 1.807) is 42.5 Å². The first-order valence-electron chi connectivity index (χ1n) is 11.0. The predicted octanol–water partition coefficient (Wildman–Crippen LogP) is 2.98. The van der Waals surface area contributed by atoms with E-state index in [1.165, 1.54) is 20.5 Å². The molecule has 0 atom stereocenters. The lowest BCUT2D eigenvalue weighted by atomic mass is 10.1. The van der Waals surface area contributed by atoms with Gasteiger partial charge in [-0.15, -0.1) is 0 Å². The van der Waals surface area contributed by atoms with Gasteiger partial charge in [0.1, 0.15) is 0 Å². The summed E-state index contributed by atoms with van der Waals surface area (Å²) in [6.45, 7) is 1.27. The molecule has 0 radical (unpaired) electrons. The van der Waals surface area contributed by atoms with E-state index in [-0.39, 0.29) is 42.0 Å². The third-order valence-corrected chi connectivity index (χ3v) is 8.82. The standard InChI is InChI=1S/C23H22N4O5S2/c28-20-9-10-21(29)27(20)14-15-3-5-16(6-4-15)22(30)25-23-24-18-8-7-17(13-19(18)33-23)34(31,32)26-11-1-2-12-26/h3-8,13H,1-2,9-12,14H2,(H,24,25,30). The molecule has 3 heterocycles. The Kier molecular flexibility index (Phi) is 5.92. The molecule has 0 saturated carbocycles. The second-order valence-electron chi connectivity index (χ2n) is 8.28. The summed E-state index contributed by atoms with van der Waals surface area (Å²) in [5.74, 6) is -0.720. The Morgan fingerprint density at radius 1 is 1.00 bits per heavy atom. The van der Waals surface area contributed by atoms with Crippen molar-refractivity contribution >= 4 is 54.4 Å². The van der Waals surface area contributed by atoms with E-state index in [0.717, 1.165) is 18.4 Å². The zero-order valence-corrected chi connectivity index (χ0v) is 19.8. The van der Waals surface area contributed by atoms with E-state index in [0.29, 0.717) is 34.0 Å². The summed E-state index contributed by atoms with van der Waals surface area (Å²) in [5.41, 5.74) is 1.77. The van der Waals surface area contributed by atoms with Gasteiger partial charge in [0, 0.05) is 31.5 Å². The van der Waals surface area contributed by atoms with Crippen molar-refractivity contribution < 1.29 is 22.8 Å². The molecular weight excluding hydrogens is 476 g/mol. The zero-order valence-electron chi connectivity index (χ0n) is 18.2. The van der Waals surface area contributed by atoms with Crippen LogP contribution in [0.25, 0.3) is 10.2 Å². The zero-order chi connectivity index (χ0) is 23.9. The number of thiazole rings is 1. The van der Waals surface area contributed by atoms with Gasteiger partial charge in [-0.2, -0.15) is 4.31 Å². The van der Waals surface area contributed by atoms with Crippen LogP contribution in [0.1, 0.15) is 41.6 Å². The molecule has 2 aliphatic heterocycles. The molecule has 5 rings (SSSR count). The second-order valence-corrected chi connectivity index (χ2v) is 11.3. The van der Waals surface area contributed by atoms with Crippen LogP contribution in [0, 0.1) is 0 Å². The van der Waals surface area contributed by atoms with Crippen molar-refractivity contribution in [2.45, 2.75) is 37.1 Å². The number of aromatic nitrogens is 1. The number of carbonyl (C=O) groups excluding carboxylic acids is 3. The summed E-state index contributed by atoms with van der Waals surface area (Å²) in [4.78, 5) is 42.1. The van der Waals surface area contributed by atoms with Crippen LogP contribution in [-0.4, -0.2) is 53.4 Å². The molecule has 176 valence electrons. The molecule has 11 heteroatoms. The molecule has 3 aromatic rings. The first-order chi connectivity index (χ1) is 16.3. The van der Waals surface area contributed by atoms with Crippen LogP contribution in [0.5, 0.6) is 0 Å². The predicted molar refractivity (Wildman–Crippen MR) is 127 cm³/mol. The highest BCUT2D eigenvalue weighted by Gasteiger charge is 2.29. The average molecular weight is 499 g/mol. The number of imide groups is 1. The smallest absolute Gasteiger partial charge is 0.257 e. The highest BCUT2D eigenvalue weighted by molar-refractivity contribution is 7.89. The van der Waals surface area contributed by atoms with E-state index in [2.05, 4.69) is 10.3 Å². The molecule has 0 bridgehead atoms. The fourth-order valence-corrected chi connectivity index (χ4v) is 6.63. The molecule has 2 saturated heterocycles. The Morgan fingerprint density at radius 2 is 1.68 bits per heavy atom. The molecule has 2 fully saturated rings. The van der Waals surface area contributed by atoms with E-state index < -0.39 is 10.0 Å². The van der Waals surface area contributed by atoms with Crippen molar-refractivity contribution in [1.82, 2.24) is 14.2 Å². The summed E-state index contributed by atoms with van der Waals surface area (Å²) in [5, 5.41) is 3.13. The summed E-state index contributed by atoms with van der Waals surface area (Å²) >= 11 is 1.21. The number of anilines is 1. The van der Waals surface area contributed by atoms with Crippen LogP contribution < -0.4 is 5.32 Å². The quantitative estimate of drug-likeness (QED) is 0.522. The van der Waals surface area contributed by atoms with Crippen LogP contribution >= 0.6 is 11.3 Å². The Morgan fingerprint density at radius 3 is 2.35 bits per heavy atom. The molecule has 0 spiro atoms. The first kappa shape index (κ1) is 22.6. The highest BCUT2D eigenvalue weighted by atomic mass is 32.2. The lowest BCUT2D eigenvalue weighted by Crippen LogP contribution is -2.28. The van der Waals surface area contributed by atoms with Crippen LogP contribution in [-0.2, 0) is 26.2 Å². The topological polar surface area (TPSA) is 117 Å². The number of carbonyl (C=O) groups is 3. The Bertz CT molecular complexity index is 1380. The van der Waals surface area contributed by atoms with Crippen LogP contribution in [0.2, 0.25) is 0 Å². The first-order valence-corrected chi connectivity index (χ1v) is 13.2. The van der Waals surface area contributed by atoms with Crippen molar-refractivity contribution in [2.24, 2.45) is 0 Å². The van der Waals surface area contributed by atoms with Crippen molar-refractivity contribution in [3.63, 3.8) is 0 Å². The van der Waals surface area contributed by atoms with Gasteiger partial charge in [-0.1, -0.05) is 23.5 Å². The van der Waals surface area contributed by atoms with E-state index in [1.807, 2.05) is 0 Å². The van der Waals surface area contributed by atoms with Crippen molar-refractivity contribution in [3.8, 4) is 0 Å². The second kappa shape index (κ2) is 8.90. The van der Waals surface area contributed by atoms with Gasteiger partial charge in [0.2, 0.25) is 21.8 Å². The SMILES string of the molecule is O=C(Nc1nc2ccc(S(=O)(=O)N3CCCC3)cc2s1)c1ccc(CN2C(=O)CCC2=O)cc1. The van der Waals surface area contributed by atoms with Crippen molar-refractivity contribution in [2.75, 3.05) is 18.4 Å². The Balaban J connectivity index is 1.28. The van der Waals surface area contributed by atoms with Gasteiger partial charge in [0.15, 0.2) is 5.13 Å². The van der Waals surface area contributed by atoms with Crippen LogP contribution in [0.15, 0.2) is 47.4 Å². The molecule has 2 aliphatic rings. The number of fused-ring (bicyclic) bond motifs is 1. The number of likely N-dealkylation sites (tertiary alicyclic amines) is 1. The molecule has 0 unspecified atom stereocenters. The summed E-state index contributed by atoms with van der Waals surface area (Å²) in [6.07, 6.45) is 2.22. The normalized spacial score (nSPS) is 17.1. The van der Waals surface area contributed by atoms with Crippen molar-refractivity contribution in [3.05, 3.63) is 53.6 Å². The maximum Gasteiger partial charge on any atom is 0.257 e. The molecule has 3 amide bonds. The summed E-state index contributed by atoms with van der Waals surface area (Å²) in [7, 11) is -3.53. The van der Waals surface area contributed by atoms with Gasteiger partial charge < -0.3 is 0 Å². The van der Waals surface area contributed by atoms with E-state index in [4.69, 9.17) is 0 Å². The fourth-order valence-electron chi connectivity index (χ4n) is 4.11. The minimum Gasteiger partial charge on any atom is -0.298 e. The highest BCUT2D eigenvalue weighted by Crippen LogP contribution is 2.30. The van der Waals surface area contributed by atoms with Gasteiger partial charge in [0.25, 0.3) is 5.91 Å². The Labute approximate surface area is 200 Å². The minimum absolute atomic E-state index is 0.181. The molecule has 2 aromatic carbocycles. The average Bonchev–Trinajstić information content (AvgIpc) is 3.56. The number of rotatable bonds is 6. The monoisotopic (exact) mass is 498 g/mol. The molecule has 34 heavy (non-hydrogen) atoms. The number of nitrogens with one attached hydrogen (secondary N) is 1. The molecule has 9 nitrogen and oxygen atoms in total. The largest absolute Gasteiger partial charge is 0.298 e. The third kappa shape index (κ3) is 4.33. The maximum absolute atomic E-state index is 12.8. The molecule has 0 aliphatic carbocycles. The van der Waals surface area contributed by atoms with Gasteiger partial charge in [-0.3, -0.25) is 24.6 Å². The number of hydrogen-bond donors (Lipinski definition) is 1. The van der Waals surface area contributed by atoms with E-state index >= 15 is 0 Å². The van der Waals surface area contributed by atoms with E-state index in [9.17, 15) is 22.8 Å². The minimum atomic E-state index is -3.53. The number of benzene rings is 2. The number of nitrogens with zero attached hydrogens (tertiary/aromatic N) is 3. The van der Waals surface area contributed by atoms with Crippen LogP contribution in [0.4, 0.5) is 5.13 Å². The Hall–Kier alpha value is -3.15. The molecular formula is C23H22N4O5S2. The van der Waals surface area contributed by atoms with Gasteiger partial charge in [-0.25, -0.2) is 13.4 Å². The van der Waals surface area contributed by atoms with Crippen LogP contribution in [0.3, 0.4) is 0 Å². The number of amides is 3. The van der Waals surface area contributed by atoms with Gasteiger partial charge in [-0.05, 0) is 48.7 Å². The maximum atomic E-state index is 12.8. The van der Waals surface area contributed by atoms with Gasteiger partial charge >= 0.3 is 0 Å². The van der Waals surface area contributed by atoms with Crippen molar-refractivity contribution in [1.29, 1.82) is 0 Å². The summed E-state index contributed by atoms with van der Waals surface area (Å²) in [6, 6.07) is 11.5. The number of sulfonamides is 1.